The largest absolute Gasteiger partial charge is 0.481 e. The van der Waals surface area contributed by atoms with Gasteiger partial charge in [-0.2, -0.15) is 4.68 Å². The molecule has 4 heterocycles. The molecule has 6 rings (SSSR count). The SMILES string of the molecule is Cc1nc(C)n(-c2nccc(-c3ncc(C)c(-n4c(C)cc(C56CC5(C(=O)O)C6)c(Cl)c4=O)c3F)c2F)n1. The fraction of sp³-hybridized carbons (Fsp3) is 0.308. The zero-order chi connectivity index (χ0) is 27.3. The van der Waals surface area contributed by atoms with E-state index in [4.69, 9.17) is 11.6 Å². The van der Waals surface area contributed by atoms with Gasteiger partial charge in [-0.25, -0.2) is 18.7 Å². The molecule has 0 unspecified atom stereocenters. The zero-order valence-corrected chi connectivity index (χ0v) is 21.6. The third-order valence-corrected chi connectivity index (χ3v) is 8.10. The first-order chi connectivity index (χ1) is 17.9. The lowest BCUT2D eigenvalue weighted by Gasteiger charge is -2.18. The van der Waals surface area contributed by atoms with Gasteiger partial charge < -0.3 is 5.11 Å². The molecule has 4 aromatic rings. The molecule has 2 aliphatic carbocycles. The molecule has 0 bridgehead atoms. The molecule has 0 atom stereocenters. The number of nitrogens with zero attached hydrogens (tertiary/aromatic N) is 6. The van der Waals surface area contributed by atoms with E-state index in [2.05, 4.69) is 20.1 Å². The third kappa shape index (κ3) is 3.08. The molecule has 0 radical (unpaired) electrons. The predicted molar refractivity (Wildman–Crippen MR) is 133 cm³/mol. The number of carboxylic acids is 1. The Labute approximate surface area is 219 Å². The average Bonchev–Trinajstić information content (AvgIpc) is 3.66. The van der Waals surface area contributed by atoms with Gasteiger partial charge in [0.05, 0.1) is 11.1 Å². The fourth-order valence-corrected chi connectivity index (χ4v) is 5.86. The lowest BCUT2D eigenvalue weighted by atomic mass is 10.0. The van der Waals surface area contributed by atoms with Crippen LogP contribution >= 0.6 is 11.6 Å². The van der Waals surface area contributed by atoms with E-state index in [1.54, 1.807) is 33.8 Å². The molecule has 2 aliphatic rings. The molecule has 38 heavy (non-hydrogen) atoms. The minimum atomic E-state index is -0.919. The third-order valence-electron chi connectivity index (χ3n) is 7.73. The first-order valence-electron chi connectivity index (χ1n) is 11.8. The van der Waals surface area contributed by atoms with Crippen LogP contribution in [-0.4, -0.2) is 40.4 Å². The van der Waals surface area contributed by atoms with Crippen molar-refractivity contribution in [3.05, 3.63) is 80.0 Å². The summed E-state index contributed by atoms with van der Waals surface area (Å²) in [5, 5.41) is 13.6. The van der Waals surface area contributed by atoms with Crippen molar-refractivity contribution in [2.75, 3.05) is 0 Å². The van der Waals surface area contributed by atoms with Crippen molar-refractivity contribution < 1.29 is 18.7 Å². The van der Waals surface area contributed by atoms with Crippen molar-refractivity contribution in [3.63, 3.8) is 0 Å². The normalized spacial score (nSPS) is 21.3. The highest BCUT2D eigenvalue weighted by molar-refractivity contribution is 6.31. The van der Waals surface area contributed by atoms with Gasteiger partial charge in [0.15, 0.2) is 17.5 Å². The van der Waals surface area contributed by atoms with Crippen molar-refractivity contribution in [1.82, 2.24) is 29.3 Å². The van der Waals surface area contributed by atoms with Gasteiger partial charge >= 0.3 is 5.97 Å². The number of hydrogen-bond donors (Lipinski definition) is 1. The number of carbonyl (C=O) groups is 1. The maximum atomic E-state index is 16.2. The maximum Gasteiger partial charge on any atom is 0.310 e. The van der Waals surface area contributed by atoms with Crippen LogP contribution in [0.4, 0.5) is 8.78 Å². The van der Waals surface area contributed by atoms with Gasteiger partial charge in [-0.1, -0.05) is 11.6 Å². The molecule has 0 aliphatic heterocycles. The van der Waals surface area contributed by atoms with E-state index >= 15 is 8.78 Å². The smallest absolute Gasteiger partial charge is 0.310 e. The number of rotatable bonds is 5. The summed E-state index contributed by atoms with van der Waals surface area (Å²) in [4.78, 5) is 37.5. The molecule has 9 nitrogen and oxygen atoms in total. The summed E-state index contributed by atoms with van der Waals surface area (Å²) in [5.41, 5.74) is -1.65. The van der Waals surface area contributed by atoms with Crippen LogP contribution in [-0.2, 0) is 10.2 Å². The van der Waals surface area contributed by atoms with Crippen LogP contribution in [0, 0.1) is 44.7 Å². The van der Waals surface area contributed by atoms with Gasteiger partial charge in [-0.05, 0) is 63.8 Å². The van der Waals surface area contributed by atoms with E-state index in [1.807, 2.05) is 0 Å². The van der Waals surface area contributed by atoms with Gasteiger partial charge in [0.1, 0.15) is 22.4 Å². The van der Waals surface area contributed by atoms with Crippen LogP contribution in [0.5, 0.6) is 0 Å². The van der Waals surface area contributed by atoms with E-state index in [-0.39, 0.29) is 27.8 Å². The maximum absolute atomic E-state index is 16.2. The first kappa shape index (κ1) is 24.4. The summed E-state index contributed by atoms with van der Waals surface area (Å²) in [6.45, 7) is 6.49. The van der Waals surface area contributed by atoms with Crippen LogP contribution in [0.1, 0.15) is 41.3 Å². The van der Waals surface area contributed by atoms with Gasteiger partial charge in [-0.15, -0.1) is 5.10 Å². The van der Waals surface area contributed by atoms with Gasteiger partial charge in [0.2, 0.25) is 0 Å². The van der Waals surface area contributed by atoms with Gasteiger partial charge in [0, 0.05) is 29.1 Å². The Morgan fingerprint density at radius 1 is 1.13 bits per heavy atom. The summed E-state index contributed by atoms with van der Waals surface area (Å²) in [6, 6.07) is 2.93. The zero-order valence-electron chi connectivity index (χ0n) is 20.8. The average molecular weight is 539 g/mol. The standard InChI is InChI=1S/C26H21ClF2N6O3/c1-11-8-31-20(15-5-6-30-22(18(15)28)35-14(4)32-13(3)33-35)19(29)21(11)34-12(2)7-16(17(27)23(34)36)25-9-26(25,10-25)24(37)38/h5-8H,9-10H2,1-4H3,(H,37,38). The number of pyridine rings is 3. The predicted octanol–water partition coefficient (Wildman–Crippen LogP) is 4.16. The Kier molecular flexibility index (Phi) is 4.97. The Hall–Kier alpha value is -3.99. The van der Waals surface area contributed by atoms with Crippen molar-refractivity contribution in [1.29, 1.82) is 0 Å². The van der Waals surface area contributed by atoms with Crippen molar-refractivity contribution in [2.24, 2.45) is 5.41 Å². The molecule has 1 N–H and O–H groups in total. The summed E-state index contributed by atoms with van der Waals surface area (Å²) in [7, 11) is 0. The van der Waals surface area contributed by atoms with Crippen molar-refractivity contribution in [2.45, 2.75) is 46.0 Å². The van der Waals surface area contributed by atoms with E-state index in [0.29, 0.717) is 41.3 Å². The summed E-state index contributed by atoms with van der Waals surface area (Å²) in [6.07, 6.45) is 3.49. The second kappa shape index (κ2) is 7.76. The second-order valence-corrected chi connectivity index (χ2v) is 10.4. The molecule has 2 fully saturated rings. The second-order valence-electron chi connectivity index (χ2n) is 10.0. The highest BCUT2D eigenvalue weighted by Crippen LogP contribution is 2.86. The molecule has 4 aromatic heterocycles. The van der Waals surface area contributed by atoms with Gasteiger partial charge in [-0.3, -0.25) is 19.1 Å². The molecule has 12 heteroatoms. The van der Waals surface area contributed by atoms with E-state index in [9.17, 15) is 14.7 Å². The Bertz CT molecular complexity index is 1770. The number of aromatic nitrogens is 6. The Balaban J connectivity index is 1.50. The number of fused-ring (bicyclic) bond motifs is 1. The molecular weight excluding hydrogens is 518 g/mol. The van der Waals surface area contributed by atoms with Crippen molar-refractivity contribution >= 4 is 17.6 Å². The minimum absolute atomic E-state index is 0.120. The van der Waals surface area contributed by atoms with Crippen LogP contribution in [0.15, 0.2) is 29.3 Å². The quantitative estimate of drug-likeness (QED) is 0.405. The molecule has 0 spiro atoms. The Morgan fingerprint density at radius 2 is 1.84 bits per heavy atom. The van der Waals surface area contributed by atoms with Crippen LogP contribution in [0.3, 0.4) is 0 Å². The topological polar surface area (TPSA) is 116 Å². The van der Waals surface area contributed by atoms with E-state index < -0.39 is 34.0 Å². The Morgan fingerprint density at radius 3 is 2.45 bits per heavy atom. The monoisotopic (exact) mass is 538 g/mol. The highest BCUT2D eigenvalue weighted by Gasteiger charge is 2.88. The van der Waals surface area contributed by atoms with Crippen LogP contribution in [0.25, 0.3) is 22.8 Å². The number of halogens is 3. The molecule has 0 aromatic carbocycles. The summed E-state index contributed by atoms with van der Waals surface area (Å²) in [5.74, 6) is -2.03. The van der Waals surface area contributed by atoms with E-state index in [0.717, 1.165) is 4.57 Å². The van der Waals surface area contributed by atoms with Crippen LogP contribution < -0.4 is 5.56 Å². The molecule has 194 valence electrons. The first-order valence-corrected chi connectivity index (χ1v) is 12.2. The molecular formula is C26H21ClF2N6O3. The van der Waals surface area contributed by atoms with Crippen LogP contribution in [0.2, 0.25) is 5.02 Å². The number of aliphatic carboxylic acids is 1. The molecule has 2 saturated carbocycles. The van der Waals surface area contributed by atoms with E-state index in [1.165, 1.54) is 23.1 Å². The number of carboxylic acid groups (broad SMARTS) is 1. The highest BCUT2D eigenvalue weighted by atomic mass is 35.5. The van der Waals surface area contributed by atoms with Crippen molar-refractivity contribution in [3.8, 4) is 22.8 Å². The summed E-state index contributed by atoms with van der Waals surface area (Å²) < 4.78 is 34.2. The summed E-state index contributed by atoms with van der Waals surface area (Å²) >= 11 is 6.48. The van der Waals surface area contributed by atoms with Gasteiger partial charge in [0.25, 0.3) is 5.56 Å². The fourth-order valence-electron chi connectivity index (χ4n) is 5.54. The molecule has 0 amide bonds. The minimum Gasteiger partial charge on any atom is -0.481 e. The lowest BCUT2D eigenvalue weighted by Crippen LogP contribution is -2.25. The molecule has 0 saturated heterocycles. The number of aryl methyl sites for hydroxylation is 4. The number of hydrogen-bond acceptors (Lipinski definition) is 6. The lowest BCUT2D eigenvalue weighted by molar-refractivity contribution is -0.140.